The predicted octanol–water partition coefficient (Wildman–Crippen LogP) is 3.22. The number of aryl methyl sites for hydroxylation is 2. The molecule has 0 unspecified atom stereocenters. The third kappa shape index (κ3) is 3.93. The summed E-state index contributed by atoms with van der Waals surface area (Å²) in [5.74, 6) is -0.401. The summed E-state index contributed by atoms with van der Waals surface area (Å²) in [6.07, 6.45) is 0.947. The highest BCUT2D eigenvalue weighted by atomic mass is 16.5. The Labute approximate surface area is 157 Å². The van der Waals surface area contributed by atoms with Crippen LogP contribution >= 0.6 is 0 Å². The molecular weight excluding hydrogens is 342 g/mol. The molecule has 27 heavy (non-hydrogen) atoms. The van der Waals surface area contributed by atoms with Crippen LogP contribution in [0.4, 0.5) is 0 Å². The van der Waals surface area contributed by atoms with Crippen LogP contribution in [0, 0.1) is 11.3 Å². The van der Waals surface area contributed by atoms with Crippen LogP contribution < -0.4 is 5.69 Å². The van der Waals surface area contributed by atoms with Gasteiger partial charge in [-0.3, -0.25) is 13.9 Å². The summed E-state index contributed by atoms with van der Waals surface area (Å²) < 4.78 is 8.65. The Kier molecular flexibility index (Phi) is 5.72. The van der Waals surface area contributed by atoms with Crippen molar-refractivity contribution in [2.45, 2.75) is 39.5 Å². The van der Waals surface area contributed by atoms with Crippen LogP contribution in [-0.4, -0.2) is 15.1 Å². The van der Waals surface area contributed by atoms with Crippen molar-refractivity contribution in [3.8, 4) is 6.07 Å². The van der Waals surface area contributed by atoms with Gasteiger partial charge >= 0.3 is 11.7 Å². The Hall–Kier alpha value is -3.33. The van der Waals surface area contributed by atoms with E-state index in [0.717, 1.165) is 17.5 Å². The Morgan fingerprint density at radius 3 is 2.33 bits per heavy atom. The van der Waals surface area contributed by atoms with Crippen molar-refractivity contribution in [3.63, 3.8) is 0 Å². The summed E-state index contributed by atoms with van der Waals surface area (Å²) in [5.41, 5.74) is 2.74. The van der Waals surface area contributed by atoms with E-state index in [1.54, 1.807) is 33.4 Å². The number of rotatable bonds is 7. The Bertz CT molecular complexity index is 1060. The molecule has 3 aromatic rings. The number of benzene rings is 2. The van der Waals surface area contributed by atoms with Crippen LogP contribution in [0.25, 0.3) is 11.0 Å². The molecule has 0 saturated carbocycles. The van der Waals surface area contributed by atoms with Crippen LogP contribution in [-0.2, 0) is 29.2 Å². The molecule has 0 fully saturated rings. The molecule has 6 nitrogen and oxygen atoms in total. The molecule has 0 radical (unpaired) electrons. The standard InChI is InChI=1S/C21H21N3O3/c1-2-12-23-18-9-5-6-10-19(18)24(21(23)26)13-11-20(25)27-15-17-8-4-3-7-16(17)14-22/h3-10H,2,11-13,15H2,1H3. The second kappa shape index (κ2) is 8.37. The number of nitrogens with zero attached hydrogens (tertiary/aromatic N) is 3. The number of para-hydroxylation sites is 2. The number of hydrogen-bond donors (Lipinski definition) is 0. The van der Waals surface area contributed by atoms with Crippen molar-refractivity contribution >= 4 is 17.0 Å². The molecule has 0 saturated heterocycles. The van der Waals surface area contributed by atoms with Crippen LogP contribution in [0.1, 0.15) is 30.9 Å². The molecular formula is C21H21N3O3. The molecule has 2 aromatic carbocycles. The summed E-state index contributed by atoms with van der Waals surface area (Å²) in [5, 5.41) is 9.08. The van der Waals surface area contributed by atoms with Gasteiger partial charge in [-0.25, -0.2) is 4.79 Å². The number of imidazole rings is 1. The van der Waals surface area contributed by atoms with Gasteiger partial charge in [-0.2, -0.15) is 5.26 Å². The molecule has 0 N–H and O–H groups in total. The van der Waals surface area contributed by atoms with Crippen molar-refractivity contribution < 1.29 is 9.53 Å². The molecule has 0 spiro atoms. The first-order valence-corrected chi connectivity index (χ1v) is 8.97. The first-order valence-electron chi connectivity index (χ1n) is 8.97. The van der Waals surface area contributed by atoms with Crippen LogP contribution in [0.5, 0.6) is 0 Å². The molecule has 0 amide bonds. The number of carbonyl (C=O) groups is 1. The number of hydrogen-bond acceptors (Lipinski definition) is 4. The minimum Gasteiger partial charge on any atom is -0.461 e. The SMILES string of the molecule is CCCn1c(=O)n(CCC(=O)OCc2ccccc2C#N)c2ccccc21. The third-order valence-electron chi connectivity index (χ3n) is 4.44. The van der Waals surface area contributed by atoms with E-state index in [4.69, 9.17) is 10.00 Å². The minimum atomic E-state index is -0.401. The lowest BCUT2D eigenvalue weighted by Gasteiger charge is -2.07. The van der Waals surface area contributed by atoms with Gasteiger partial charge in [0.25, 0.3) is 0 Å². The van der Waals surface area contributed by atoms with Gasteiger partial charge < -0.3 is 4.74 Å². The fourth-order valence-electron chi connectivity index (χ4n) is 3.12. The largest absolute Gasteiger partial charge is 0.461 e. The van der Waals surface area contributed by atoms with Crippen molar-refractivity contribution in [1.82, 2.24) is 9.13 Å². The van der Waals surface area contributed by atoms with Gasteiger partial charge in [0.15, 0.2) is 0 Å². The van der Waals surface area contributed by atoms with Crippen molar-refractivity contribution in [2.75, 3.05) is 0 Å². The molecule has 1 aromatic heterocycles. The number of ether oxygens (including phenoxy) is 1. The molecule has 138 valence electrons. The average molecular weight is 363 g/mol. The third-order valence-corrected chi connectivity index (χ3v) is 4.44. The van der Waals surface area contributed by atoms with Gasteiger partial charge in [-0.1, -0.05) is 37.3 Å². The summed E-state index contributed by atoms with van der Waals surface area (Å²) in [4.78, 5) is 24.8. The second-order valence-corrected chi connectivity index (χ2v) is 6.25. The van der Waals surface area contributed by atoms with E-state index in [2.05, 4.69) is 6.07 Å². The fourth-order valence-corrected chi connectivity index (χ4v) is 3.12. The minimum absolute atomic E-state index is 0.0507. The van der Waals surface area contributed by atoms with Gasteiger partial charge in [0.1, 0.15) is 6.61 Å². The molecule has 0 aliphatic carbocycles. The van der Waals surface area contributed by atoms with Gasteiger partial charge in [-0.05, 0) is 24.6 Å². The number of fused-ring (bicyclic) bond motifs is 1. The van der Waals surface area contributed by atoms with E-state index < -0.39 is 5.97 Å². The monoisotopic (exact) mass is 363 g/mol. The van der Waals surface area contributed by atoms with E-state index >= 15 is 0 Å². The zero-order valence-corrected chi connectivity index (χ0v) is 15.2. The van der Waals surface area contributed by atoms with E-state index in [0.29, 0.717) is 17.7 Å². The Morgan fingerprint density at radius 1 is 1.04 bits per heavy atom. The van der Waals surface area contributed by atoms with Gasteiger partial charge in [0, 0.05) is 18.7 Å². The number of aromatic nitrogens is 2. The zero-order chi connectivity index (χ0) is 19.2. The topological polar surface area (TPSA) is 77.0 Å². The molecule has 1 heterocycles. The average Bonchev–Trinajstić information content (AvgIpc) is 2.96. The second-order valence-electron chi connectivity index (χ2n) is 6.25. The maximum atomic E-state index is 12.7. The normalized spacial score (nSPS) is 10.7. The summed E-state index contributed by atoms with van der Waals surface area (Å²) in [6.45, 7) is 2.97. The maximum absolute atomic E-state index is 12.7. The van der Waals surface area contributed by atoms with Crippen LogP contribution in [0.15, 0.2) is 53.3 Å². The molecule has 6 heteroatoms. The van der Waals surface area contributed by atoms with Gasteiger partial charge in [-0.15, -0.1) is 0 Å². The molecule has 3 rings (SSSR count). The number of esters is 1. The highest BCUT2D eigenvalue weighted by Crippen LogP contribution is 2.14. The number of carbonyl (C=O) groups excluding carboxylic acids is 1. The lowest BCUT2D eigenvalue weighted by atomic mass is 10.1. The Balaban J connectivity index is 1.70. The van der Waals surface area contributed by atoms with E-state index in [9.17, 15) is 9.59 Å². The van der Waals surface area contributed by atoms with E-state index in [1.807, 2.05) is 31.2 Å². The van der Waals surface area contributed by atoms with Crippen molar-refractivity contribution in [2.24, 2.45) is 0 Å². The number of nitriles is 1. The quantitative estimate of drug-likeness (QED) is 0.604. The summed E-state index contributed by atoms with van der Waals surface area (Å²) in [6, 6.07) is 16.7. The fraction of sp³-hybridized carbons (Fsp3) is 0.286. The molecule has 0 aliphatic heterocycles. The maximum Gasteiger partial charge on any atom is 0.329 e. The summed E-state index contributed by atoms with van der Waals surface area (Å²) in [7, 11) is 0. The predicted molar refractivity (Wildman–Crippen MR) is 102 cm³/mol. The Morgan fingerprint density at radius 2 is 1.67 bits per heavy atom. The van der Waals surface area contributed by atoms with Crippen molar-refractivity contribution in [1.29, 1.82) is 5.26 Å². The lowest BCUT2D eigenvalue weighted by molar-refractivity contribution is -0.145. The summed E-state index contributed by atoms with van der Waals surface area (Å²) >= 11 is 0. The van der Waals surface area contributed by atoms with Gasteiger partial charge in [0.2, 0.25) is 0 Å². The molecule has 0 bridgehead atoms. The first kappa shape index (κ1) is 18.5. The van der Waals surface area contributed by atoms with Crippen LogP contribution in [0.3, 0.4) is 0 Å². The molecule has 0 aliphatic rings. The van der Waals surface area contributed by atoms with Crippen molar-refractivity contribution in [3.05, 3.63) is 70.1 Å². The smallest absolute Gasteiger partial charge is 0.329 e. The molecule has 0 atom stereocenters. The first-order chi connectivity index (χ1) is 13.2. The zero-order valence-electron chi connectivity index (χ0n) is 15.2. The van der Waals surface area contributed by atoms with Crippen LogP contribution in [0.2, 0.25) is 0 Å². The highest BCUT2D eigenvalue weighted by Gasteiger charge is 2.14. The van der Waals surface area contributed by atoms with E-state index in [1.165, 1.54) is 0 Å². The van der Waals surface area contributed by atoms with E-state index in [-0.39, 0.29) is 25.3 Å². The van der Waals surface area contributed by atoms with Gasteiger partial charge in [0.05, 0.1) is 29.1 Å². The highest BCUT2D eigenvalue weighted by molar-refractivity contribution is 5.76. The lowest BCUT2D eigenvalue weighted by Crippen LogP contribution is -2.25.